The largest absolute Gasteiger partial charge is 0.380 e. The van der Waals surface area contributed by atoms with Gasteiger partial charge in [-0.1, -0.05) is 19.3 Å². The number of hydrogen-bond donors (Lipinski definition) is 1. The van der Waals surface area contributed by atoms with Crippen molar-refractivity contribution in [1.82, 2.24) is 0 Å². The molecule has 0 spiro atoms. The van der Waals surface area contributed by atoms with E-state index in [0.717, 1.165) is 32.1 Å². The lowest BCUT2D eigenvalue weighted by atomic mass is 9.88. The maximum absolute atomic E-state index is 12.7. The molecule has 2 N–H and O–H groups in total. The van der Waals surface area contributed by atoms with Crippen LogP contribution in [0, 0.1) is 5.92 Å². The zero-order valence-corrected chi connectivity index (χ0v) is 13.5. The molecule has 22 heavy (non-hydrogen) atoms. The van der Waals surface area contributed by atoms with E-state index in [2.05, 4.69) is 4.18 Å². The minimum absolute atomic E-state index is 0.0498. The quantitative estimate of drug-likeness (QED) is 0.904. The molecule has 0 unspecified atom stereocenters. The van der Waals surface area contributed by atoms with Gasteiger partial charge in [0.25, 0.3) is 0 Å². The zero-order chi connectivity index (χ0) is 16.0. The smallest absolute Gasteiger partial charge is 0.371 e. The highest BCUT2D eigenvalue weighted by Crippen LogP contribution is 2.42. The third kappa shape index (κ3) is 2.90. The zero-order valence-electron chi connectivity index (χ0n) is 11.9. The molecule has 1 aliphatic heterocycles. The summed E-state index contributed by atoms with van der Waals surface area (Å²) in [6.07, 6.45) is 6.66. The lowest BCUT2D eigenvalue weighted by Gasteiger charge is -2.22. The molecule has 1 heterocycles. The van der Waals surface area contributed by atoms with Crippen molar-refractivity contribution in [3.63, 3.8) is 0 Å². The van der Waals surface area contributed by atoms with Crippen LogP contribution in [0.4, 0.5) is 0 Å². The number of hydrogen-bond acceptors (Lipinski definition) is 5. The third-order valence-corrected chi connectivity index (χ3v) is 6.53. The minimum Gasteiger partial charge on any atom is -0.371 e. The van der Waals surface area contributed by atoms with Crippen LogP contribution in [0.1, 0.15) is 37.7 Å². The molecule has 8 heteroatoms. The lowest BCUT2D eigenvalue weighted by Crippen LogP contribution is -2.19. The Balaban J connectivity index is 1.97. The molecule has 3 rings (SSSR count). The summed E-state index contributed by atoms with van der Waals surface area (Å²) in [5.74, 6) is -0.0446. The van der Waals surface area contributed by atoms with Gasteiger partial charge >= 0.3 is 10.3 Å². The van der Waals surface area contributed by atoms with Crippen LogP contribution in [0.2, 0.25) is 0 Å². The van der Waals surface area contributed by atoms with Crippen LogP contribution in [-0.2, 0) is 20.1 Å². The Labute approximate surface area is 130 Å². The SMILES string of the molecule is NS(=O)(=O)Oc1ccc2c(c1)S(=O)(=O)C(C1CCCCC1)=C2. The summed E-state index contributed by atoms with van der Waals surface area (Å²) in [4.78, 5) is 0.532. The molecule has 0 amide bonds. The first kappa shape index (κ1) is 15.5. The van der Waals surface area contributed by atoms with E-state index in [9.17, 15) is 16.8 Å². The third-order valence-electron chi connectivity index (χ3n) is 4.10. The summed E-state index contributed by atoms with van der Waals surface area (Å²) in [7, 11) is -7.76. The Morgan fingerprint density at radius 1 is 1.14 bits per heavy atom. The molecule has 6 nitrogen and oxygen atoms in total. The highest BCUT2D eigenvalue weighted by molar-refractivity contribution is 7.95. The number of rotatable bonds is 3. The first-order chi connectivity index (χ1) is 10.3. The van der Waals surface area contributed by atoms with Gasteiger partial charge in [-0.2, -0.15) is 13.6 Å². The molecular formula is C14H17NO5S2. The number of fused-ring (bicyclic) bond motifs is 1. The fourth-order valence-corrected chi connectivity index (χ4v) is 5.43. The molecule has 1 aromatic rings. The second-order valence-electron chi connectivity index (χ2n) is 5.66. The summed E-state index contributed by atoms with van der Waals surface area (Å²) >= 11 is 0. The molecule has 0 bridgehead atoms. The molecule has 0 radical (unpaired) electrons. The summed E-state index contributed by atoms with van der Waals surface area (Å²) in [5, 5.41) is 4.81. The van der Waals surface area contributed by atoms with Crippen LogP contribution in [0.5, 0.6) is 5.75 Å². The highest BCUT2D eigenvalue weighted by Gasteiger charge is 2.35. The minimum atomic E-state index is -4.18. The van der Waals surface area contributed by atoms with E-state index < -0.39 is 20.1 Å². The van der Waals surface area contributed by atoms with Crippen molar-refractivity contribution in [2.75, 3.05) is 0 Å². The fraction of sp³-hybridized carbons (Fsp3) is 0.429. The van der Waals surface area contributed by atoms with Crippen molar-refractivity contribution in [3.8, 4) is 5.75 Å². The monoisotopic (exact) mass is 343 g/mol. The maximum atomic E-state index is 12.7. The Morgan fingerprint density at radius 3 is 2.45 bits per heavy atom. The van der Waals surface area contributed by atoms with E-state index in [1.807, 2.05) is 0 Å². The van der Waals surface area contributed by atoms with Gasteiger partial charge in [0.1, 0.15) is 5.75 Å². The van der Waals surface area contributed by atoms with Gasteiger partial charge in [-0.3, -0.25) is 0 Å². The number of sulfone groups is 1. The van der Waals surface area contributed by atoms with Crippen molar-refractivity contribution in [2.24, 2.45) is 11.1 Å². The maximum Gasteiger partial charge on any atom is 0.380 e. The van der Waals surface area contributed by atoms with Gasteiger partial charge in [-0.25, -0.2) is 8.42 Å². The van der Waals surface area contributed by atoms with Gasteiger partial charge in [0.2, 0.25) is 9.84 Å². The highest BCUT2D eigenvalue weighted by atomic mass is 32.2. The average molecular weight is 343 g/mol. The van der Waals surface area contributed by atoms with Crippen molar-refractivity contribution in [3.05, 3.63) is 28.7 Å². The molecule has 1 aromatic carbocycles. The predicted octanol–water partition coefficient (Wildman–Crippen LogP) is 1.98. The van der Waals surface area contributed by atoms with Crippen molar-refractivity contribution >= 4 is 26.2 Å². The van der Waals surface area contributed by atoms with Gasteiger partial charge < -0.3 is 4.18 Å². The van der Waals surface area contributed by atoms with Gasteiger partial charge in [0, 0.05) is 6.07 Å². The molecular weight excluding hydrogens is 326 g/mol. The van der Waals surface area contributed by atoms with E-state index in [1.165, 1.54) is 12.1 Å². The van der Waals surface area contributed by atoms with Gasteiger partial charge in [0.05, 0.1) is 9.80 Å². The molecule has 0 atom stereocenters. The number of nitrogens with two attached hydrogens (primary N) is 1. The van der Waals surface area contributed by atoms with E-state index in [-0.39, 0.29) is 16.6 Å². The summed E-state index contributed by atoms with van der Waals surface area (Å²) in [5.41, 5.74) is 0.572. The fourth-order valence-electron chi connectivity index (χ4n) is 3.13. The summed E-state index contributed by atoms with van der Waals surface area (Å²) < 4.78 is 51.9. The van der Waals surface area contributed by atoms with Gasteiger partial charge in [-0.05, 0) is 42.5 Å². The van der Waals surface area contributed by atoms with Crippen LogP contribution in [-0.4, -0.2) is 16.8 Å². The van der Waals surface area contributed by atoms with Crippen LogP contribution in [0.3, 0.4) is 0 Å². The van der Waals surface area contributed by atoms with Gasteiger partial charge in [0.15, 0.2) is 0 Å². The Bertz CT molecular complexity index is 834. The normalized spacial score (nSPS) is 21.2. The molecule has 0 saturated heterocycles. The van der Waals surface area contributed by atoms with Gasteiger partial charge in [-0.15, -0.1) is 0 Å². The van der Waals surface area contributed by atoms with Crippen molar-refractivity contribution < 1.29 is 21.0 Å². The summed E-state index contributed by atoms with van der Waals surface area (Å²) in [6, 6.07) is 4.17. The van der Waals surface area contributed by atoms with Crippen LogP contribution >= 0.6 is 0 Å². The Morgan fingerprint density at radius 2 is 1.82 bits per heavy atom. The van der Waals surface area contributed by atoms with Crippen molar-refractivity contribution in [2.45, 2.75) is 37.0 Å². The average Bonchev–Trinajstić information content (AvgIpc) is 2.70. The first-order valence-corrected chi connectivity index (χ1v) is 10.1. The predicted molar refractivity (Wildman–Crippen MR) is 81.9 cm³/mol. The summed E-state index contributed by atoms with van der Waals surface area (Å²) in [6.45, 7) is 0. The first-order valence-electron chi connectivity index (χ1n) is 7.10. The van der Waals surface area contributed by atoms with Crippen molar-refractivity contribution in [1.29, 1.82) is 0 Å². The van der Waals surface area contributed by atoms with E-state index in [0.29, 0.717) is 10.5 Å². The van der Waals surface area contributed by atoms with Crippen LogP contribution < -0.4 is 9.32 Å². The topological polar surface area (TPSA) is 104 Å². The van der Waals surface area contributed by atoms with E-state index in [4.69, 9.17) is 5.14 Å². The number of allylic oxidation sites excluding steroid dienone is 1. The van der Waals surface area contributed by atoms with Crippen LogP contribution in [0.25, 0.3) is 6.08 Å². The second kappa shape index (κ2) is 5.36. The standard InChI is InChI=1S/C14H17NO5S2/c15-22(18,19)20-12-7-6-11-8-13(10-4-2-1-3-5-10)21(16,17)14(11)9-12/h6-10H,1-5H2,(H2,15,18,19). The van der Waals surface area contributed by atoms with E-state index >= 15 is 0 Å². The molecule has 0 aromatic heterocycles. The van der Waals surface area contributed by atoms with Crippen LogP contribution in [0.15, 0.2) is 28.0 Å². The Hall–Kier alpha value is -1.38. The molecule has 1 fully saturated rings. The lowest BCUT2D eigenvalue weighted by molar-refractivity contribution is 0.412. The molecule has 1 saturated carbocycles. The Kier molecular flexibility index (Phi) is 3.78. The molecule has 2 aliphatic rings. The number of benzene rings is 1. The molecule has 120 valence electrons. The second-order valence-corrected chi connectivity index (χ2v) is 8.73. The van der Waals surface area contributed by atoms with E-state index in [1.54, 1.807) is 12.1 Å². The molecule has 1 aliphatic carbocycles.